The van der Waals surface area contributed by atoms with Gasteiger partial charge in [-0.1, -0.05) is 0 Å². The molecule has 0 aromatic carbocycles. The van der Waals surface area contributed by atoms with Crippen LogP contribution in [0.2, 0.25) is 0 Å². The number of Topliss-reactive ketones (excluding diaryl/α,β-unsaturated/α-hetero) is 2. The maximum absolute atomic E-state index is 11.3. The van der Waals surface area contributed by atoms with E-state index in [0.29, 0.717) is 6.42 Å². The summed E-state index contributed by atoms with van der Waals surface area (Å²) in [5.41, 5.74) is 1.69. The fourth-order valence-corrected chi connectivity index (χ4v) is 1.98. The molecule has 1 N–H and O–H groups in total. The van der Waals surface area contributed by atoms with Gasteiger partial charge in [-0.05, 0) is 34.1 Å². The van der Waals surface area contributed by atoms with Crippen molar-refractivity contribution < 1.29 is 9.59 Å². The van der Waals surface area contributed by atoms with E-state index in [-0.39, 0.29) is 23.5 Å². The molecule has 0 saturated heterocycles. The number of hydrogen-bond donors (Lipinski definition) is 1. The van der Waals surface area contributed by atoms with Crippen molar-refractivity contribution >= 4 is 11.6 Å². The summed E-state index contributed by atoms with van der Waals surface area (Å²) in [4.78, 5) is 22.6. The average molecular weight is 195 g/mol. The van der Waals surface area contributed by atoms with E-state index >= 15 is 0 Å². The summed E-state index contributed by atoms with van der Waals surface area (Å²) < 4.78 is 0. The van der Waals surface area contributed by atoms with Gasteiger partial charge in [0.15, 0.2) is 5.78 Å². The lowest BCUT2D eigenvalue weighted by atomic mass is 9.84. The molecular formula is C11H17NO2. The Kier molecular flexibility index (Phi) is 3.09. The minimum absolute atomic E-state index is 0.0578. The van der Waals surface area contributed by atoms with Crippen LogP contribution in [0.25, 0.3) is 0 Å². The van der Waals surface area contributed by atoms with E-state index in [9.17, 15) is 9.59 Å². The number of nitrogens with one attached hydrogen (secondary N) is 1. The number of carbonyl (C=O) groups is 2. The molecule has 0 aromatic heterocycles. The number of allylic oxidation sites excluding steroid dienone is 2. The highest BCUT2D eigenvalue weighted by molar-refractivity contribution is 5.95. The molecule has 0 saturated carbocycles. The molecule has 0 amide bonds. The number of ketones is 2. The molecule has 3 heteroatoms. The van der Waals surface area contributed by atoms with E-state index < -0.39 is 0 Å². The molecule has 2 atom stereocenters. The first kappa shape index (κ1) is 11.0. The van der Waals surface area contributed by atoms with Crippen molar-refractivity contribution in [2.24, 2.45) is 5.92 Å². The summed E-state index contributed by atoms with van der Waals surface area (Å²) in [7, 11) is 0. The van der Waals surface area contributed by atoms with Crippen molar-refractivity contribution in [3.63, 3.8) is 0 Å². The van der Waals surface area contributed by atoms with Crippen LogP contribution in [0, 0.1) is 5.92 Å². The second-order valence-electron chi connectivity index (χ2n) is 4.01. The Morgan fingerprint density at radius 2 is 1.93 bits per heavy atom. The second kappa shape index (κ2) is 3.95. The average Bonchev–Trinajstić information content (AvgIpc) is 2.02. The Labute approximate surface area is 84.6 Å². The molecule has 1 aliphatic heterocycles. The fraction of sp³-hybridized carbons (Fsp3) is 0.636. The lowest BCUT2D eigenvalue weighted by Gasteiger charge is -2.30. The lowest BCUT2D eigenvalue weighted by molar-refractivity contribution is -0.121. The largest absolute Gasteiger partial charge is 0.385 e. The van der Waals surface area contributed by atoms with Crippen LogP contribution in [0.1, 0.15) is 34.1 Å². The third-order valence-electron chi connectivity index (χ3n) is 2.87. The van der Waals surface area contributed by atoms with Crippen molar-refractivity contribution in [3.05, 3.63) is 11.3 Å². The van der Waals surface area contributed by atoms with Crippen molar-refractivity contribution in [2.75, 3.05) is 0 Å². The maximum Gasteiger partial charge on any atom is 0.157 e. The predicted octanol–water partition coefficient (Wildman–Crippen LogP) is 1.44. The highest BCUT2D eigenvalue weighted by atomic mass is 16.1. The van der Waals surface area contributed by atoms with Gasteiger partial charge in [0.2, 0.25) is 0 Å². The summed E-state index contributed by atoms with van der Waals surface area (Å²) in [5, 5.41) is 3.18. The monoisotopic (exact) mass is 195 g/mol. The predicted molar refractivity (Wildman–Crippen MR) is 54.8 cm³/mol. The summed E-state index contributed by atoms with van der Waals surface area (Å²) in [6.07, 6.45) is 0.588. The van der Waals surface area contributed by atoms with Gasteiger partial charge in [-0.25, -0.2) is 0 Å². The van der Waals surface area contributed by atoms with E-state index in [1.54, 1.807) is 13.8 Å². The number of hydrogen-bond acceptors (Lipinski definition) is 3. The highest BCUT2D eigenvalue weighted by Crippen LogP contribution is 2.25. The molecular weight excluding hydrogens is 178 g/mol. The van der Waals surface area contributed by atoms with Crippen molar-refractivity contribution in [2.45, 2.75) is 40.2 Å². The van der Waals surface area contributed by atoms with E-state index in [4.69, 9.17) is 0 Å². The normalized spacial score (nSPS) is 27.1. The Hall–Kier alpha value is -1.12. The molecule has 0 radical (unpaired) electrons. The molecule has 0 fully saturated rings. The molecule has 1 aliphatic rings. The van der Waals surface area contributed by atoms with Crippen LogP contribution in [0.3, 0.4) is 0 Å². The van der Waals surface area contributed by atoms with E-state index in [1.807, 2.05) is 13.8 Å². The second-order valence-corrected chi connectivity index (χ2v) is 4.01. The van der Waals surface area contributed by atoms with Crippen LogP contribution in [-0.4, -0.2) is 17.6 Å². The minimum atomic E-state index is -0.0578. The summed E-state index contributed by atoms with van der Waals surface area (Å²) in [5.74, 6) is 0.155. The summed E-state index contributed by atoms with van der Waals surface area (Å²) in [6.45, 7) is 7.00. The fourth-order valence-electron chi connectivity index (χ4n) is 1.98. The van der Waals surface area contributed by atoms with Crippen LogP contribution in [-0.2, 0) is 9.59 Å². The molecule has 78 valence electrons. The first-order valence-corrected chi connectivity index (χ1v) is 4.91. The Morgan fingerprint density at radius 3 is 2.36 bits per heavy atom. The molecule has 0 aliphatic carbocycles. The highest BCUT2D eigenvalue weighted by Gasteiger charge is 2.29. The van der Waals surface area contributed by atoms with Crippen molar-refractivity contribution in [1.82, 2.24) is 5.32 Å². The molecule has 1 heterocycles. The number of rotatable bonds is 2. The lowest BCUT2D eigenvalue weighted by Crippen LogP contribution is -2.41. The molecule has 2 unspecified atom stereocenters. The third-order valence-corrected chi connectivity index (χ3v) is 2.87. The van der Waals surface area contributed by atoms with Gasteiger partial charge in [-0.15, -0.1) is 0 Å². The van der Waals surface area contributed by atoms with E-state index in [2.05, 4.69) is 5.32 Å². The Balaban J connectivity index is 2.94. The quantitative estimate of drug-likeness (QED) is 0.725. The van der Waals surface area contributed by atoms with Crippen molar-refractivity contribution in [1.29, 1.82) is 0 Å². The molecule has 14 heavy (non-hydrogen) atoms. The molecule has 0 bridgehead atoms. The van der Waals surface area contributed by atoms with Gasteiger partial charge < -0.3 is 5.32 Å². The zero-order valence-electron chi connectivity index (χ0n) is 9.18. The Bertz CT molecular complexity index is 304. The smallest absolute Gasteiger partial charge is 0.157 e. The zero-order valence-corrected chi connectivity index (χ0v) is 9.18. The Morgan fingerprint density at radius 1 is 1.36 bits per heavy atom. The van der Waals surface area contributed by atoms with Crippen LogP contribution in [0.15, 0.2) is 11.3 Å². The maximum atomic E-state index is 11.3. The van der Waals surface area contributed by atoms with E-state index in [1.165, 1.54) is 0 Å². The first-order valence-electron chi connectivity index (χ1n) is 4.91. The van der Waals surface area contributed by atoms with E-state index in [0.717, 1.165) is 11.3 Å². The molecule has 0 aromatic rings. The standard InChI is InChI=1S/C11H17NO2/c1-6-10(8(3)13)5-11(9(4)14)7(2)12-6/h6,10,12H,5H2,1-4H3. The summed E-state index contributed by atoms with van der Waals surface area (Å²) in [6, 6.07) is 0.135. The molecule has 1 rings (SSSR count). The van der Waals surface area contributed by atoms with Crippen LogP contribution in [0.5, 0.6) is 0 Å². The zero-order chi connectivity index (χ0) is 10.9. The minimum Gasteiger partial charge on any atom is -0.385 e. The van der Waals surface area contributed by atoms with Gasteiger partial charge in [0.25, 0.3) is 0 Å². The summed E-state index contributed by atoms with van der Waals surface area (Å²) >= 11 is 0. The third kappa shape index (κ3) is 2.03. The SMILES string of the molecule is CC(=O)C1=C(C)NC(C)C(C(C)=O)C1. The first-order chi connectivity index (χ1) is 6.43. The van der Waals surface area contributed by atoms with Gasteiger partial charge in [0.1, 0.15) is 5.78 Å². The van der Waals surface area contributed by atoms with Gasteiger partial charge in [-0.3, -0.25) is 9.59 Å². The number of carbonyl (C=O) groups excluding carboxylic acids is 2. The van der Waals surface area contributed by atoms with Gasteiger partial charge in [0.05, 0.1) is 0 Å². The van der Waals surface area contributed by atoms with Gasteiger partial charge in [0, 0.05) is 23.2 Å². The van der Waals surface area contributed by atoms with Gasteiger partial charge >= 0.3 is 0 Å². The van der Waals surface area contributed by atoms with Crippen LogP contribution in [0.4, 0.5) is 0 Å². The van der Waals surface area contributed by atoms with Crippen LogP contribution >= 0.6 is 0 Å². The van der Waals surface area contributed by atoms with Crippen molar-refractivity contribution in [3.8, 4) is 0 Å². The topological polar surface area (TPSA) is 46.2 Å². The van der Waals surface area contributed by atoms with Crippen LogP contribution < -0.4 is 5.32 Å². The molecule has 0 spiro atoms. The van der Waals surface area contributed by atoms with Gasteiger partial charge in [-0.2, -0.15) is 0 Å². The molecule has 3 nitrogen and oxygen atoms in total.